The Balaban J connectivity index is 3.37. The molecule has 0 atom stereocenters. The average molecular weight is 231 g/mol. The molecule has 0 N–H and O–H groups in total. The van der Waals surface area contributed by atoms with Crippen molar-refractivity contribution in [3.63, 3.8) is 0 Å². The topological polar surface area (TPSA) is 48.4 Å². The first-order valence-electron chi connectivity index (χ1n) is 4.42. The number of nitrogens with zero attached hydrogens (tertiary/aromatic N) is 1. The molecule has 16 heavy (non-hydrogen) atoms. The van der Waals surface area contributed by atoms with Gasteiger partial charge < -0.3 is 9.47 Å². The van der Waals surface area contributed by atoms with E-state index in [9.17, 15) is 13.6 Å². The van der Waals surface area contributed by atoms with Gasteiger partial charge in [0.25, 0.3) is 6.43 Å². The predicted octanol–water partition coefficient (Wildman–Crippen LogP) is 2.12. The summed E-state index contributed by atoms with van der Waals surface area (Å²) in [7, 11) is 2.43. The summed E-state index contributed by atoms with van der Waals surface area (Å²) in [5, 5.41) is 0. The van der Waals surface area contributed by atoms with Crippen LogP contribution in [0.5, 0.6) is 5.75 Å². The lowest BCUT2D eigenvalue weighted by Crippen LogP contribution is -2.10. The van der Waals surface area contributed by atoms with Crippen molar-refractivity contribution in [2.75, 3.05) is 14.2 Å². The zero-order valence-electron chi connectivity index (χ0n) is 9.08. The van der Waals surface area contributed by atoms with Gasteiger partial charge in [-0.25, -0.2) is 18.6 Å². The summed E-state index contributed by atoms with van der Waals surface area (Å²) in [6.45, 7) is 1.38. The van der Waals surface area contributed by atoms with Crippen LogP contribution in [0, 0.1) is 6.92 Å². The standard InChI is InChI=1S/C10H11F2NO3/c1-5-7(9(11)12)6(15-2)4-13-8(5)10(14)16-3/h4,9H,1-3H3. The van der Waals surface area contributed by atoms with E-state index in [1.54, 1.807) is 0 Å². The number of methoxy groups -OCH3 is 2. The summed E-state index contributed by atoms with van der Waals surface area (Å²) >= 11 is 0. The van der Waals surface area contributed by atoms with Gasteiger partial charge in [0.05, 0.1) is 26.0 Å². The van der Waals surface area contributed by atoms with Crippen LogP contribution in [0.2, 0.25) is 0 Å². The van der Waals surface area contributed by atoms with E-state index in [0.717, 1.165) is 13.3 Å². The minimum Gasteiger partial charge on any atom is -0.495 e. The van der Waals surface area contributed by atoms with Crippen LogP contribution in [0.15, 0.2) is 6.20 Å². The number of ether oxygens (including phenoxy) is 2. The fraction of sp³-hybridized carbons (Fsp3) is 0.400. The van der Waals surface area contributed by atoms with E-state index in [-0.39, 0.29) is 22.6 Å². The molecule has 0 fully saturated rings. The minimum atomic E-state index is -2.73. The number of esters is 1. The van der Waals surface area contributed by atoms with Gasteiger partial charge in [0.2, 0.25) is 0 Å². The first-order chi connectivity index (χ1) is 7.52. The molecule has 0 aliphatic rings. The highest BCUT2D eigenvalue weighted by Crippen LogP contribution is 2.32. The quantitative estimate of drug-likeness (QED) is 0.747. The lowest BCUT2D eigenvalue weighted by molar-refractivity contribution is 0.0592. The first kappa shape index (κ1) is 12.4. The maximum atomic E-state index is 12.8. The number of pyridine rings is 1. The van der Waals surface area contributed by atoms with Crippen LogP contribution in [-0.4, -0.2) is 25.2 Å². The second-order valence-corrected chi connectivity index (χ2v) is 3.01. The Bertz CT molecular complexity index is 407. The van der Waals surface area contributed by atoms with Gasteiger partial charge in [-0.15, -0.1) is 0 Å². The first-order valence-corrected chi connectivity index (χ1v) is 4.42. The van der Waals surface area contributed by atoms with Gasteiger partial charge in [-0.1, -0.05) is 0 Å². The molecule has 1 aromatic heterocycles. The molecule has 1 rings (SSSR count). The van der Waals surface area contributed by atoms with Gasteiger partial charge in [-0.2, -0.15) is 0 Å². The normalized spacial score (nSPS) is 10.4. The maximum absolute atomic E-state index is 12.8. The number of rotatable bonds is 3. The highest BCUT2D eigenvalue weighted by molar-refractivity contribution is 5.89. The van der Waals surface area contributed by atoms with Crippen molar-refractivity contribution in [3.8, 4) is 5.75 Å². The van der Waals surface area contributed by atoms with Crippen molar-refractivity contribution in [3.05, 3.63) is 23.0 Å². The van der Waals surface area contributed by atoms with Crippen LogP contribution in [0.4, 0.5) is 8.78 Å². The van der Waals surface area contributed by atoms with E-state index < -0.39 is 12.4 Å². The molecule has 0 aliphatic heterocycles. The molecule has 0 unspecified atom stereocenters. The molecule has 0 spiro atoms. The van der Waals surface area contributed by atoms with Gasteiger partial charge in [-0.05, 0) is 12.5 Å². The number of carbonyl (C=O) groups is 1. The van der Waals surface area contributed by atoms with Gasteiger partial charge in [0.15, 0.2) is 5.69 Å². The third-order valence-corrected chi connectivity index (χ3v) is 2.15. The fourth-order valence-corrected chi connectivity index (χ4v) is 1.34. The molecule has 0 aromatic carbocycles. The van der Waals surface area contributed by atoms with Crippen molar-refractivity contribution in [2.24, 2.45) is 0 Å². The summed E-state index contributed by atoms with van der Waals surface area (Å²) in [4.78, 5) is 15.0. The van der Waals surface area contributed by atoms with E-state index in [1.165, 1.54) is 14.0 Å². The molecular formula is C10H11F2NO3. The number of carbonyl (C=O) groups excluding carboxylic acids is 1. The average Bonchev–Trinajstić information content (AvgIpc) is 2.26. The Hall–Kier alpha value is -1.72. The van der Waals surface area contributed by atoms with E-state index in [1.807, 2.05) is 0 Å². The van der Waals surface area contributed by atoms with Crippen molar-refractivity contribution in [1.29, 1.82) is 0 Å². The van der Waals surface area contributed by atoms with Gasteiger partial charge in [-0.3, -0.25) is 0 Å². The second kappa shape index (κ2) is 4.87. The molecule has 1 aromatic rings. The van der Waals surface area contributed by atoms with E-state index >= 15 is 0 Å². The molecule has 0 amide bonds. The Morgan fingerprint density at radius 1 is 1.44 bits per heavy atom. The summed E-state index contributed by atoms with van der Waals surface area (Å²) < 4.78 is 34.7. The SMILES string of the molecule is COC(=O)c1ncc(OC)c(C(F)F)c1C. The molecule has 1 heterocycles. The predicted molar refractivity (Wildman–Crippen MR) is 51.8 cm³/mol. The highest BCUT2D eigenvalue weighted by Gasteiger charge is 2.23. The van der Waals surface area contributed by atoms with Crippen molar-refractivity contribution in [1.82, 2.24) is 4.98 Å². The fourth-order valence-electron chi connectivity index (χ4n) is 1.34. The summed E-state index contributed by atoms with van der Waals surface area (Å²) in [6.07, 6.45) is -1.65. The number of aromatic nitrogens is 1. The third-order valence-electron chi connectivity index (χ3n) is 2.15. The second-order valence-electron chi connectivity index (χ2n) is 3.01. The molecule has 6 heteroatoms. The lowest BCUT2D eigenvalue weighted by atomic mass is 10.1. The van der Waals surface area contributed by atoms with E-state index in [4.69, 9.17) is 4.74 Å². The van der Waals surface area contributed by atoms with Crippen LogP contribution in [0.3, 0.4) is 0 Å². The van der Waals surface area contributed by atoms with Crippen molar-refractivity contribution >= 4 is 5.97 Å². The molecule has 0 radical (unpaired) electrons. The van der Waals surface area contributed by atoms with Crippen molar-refractivity contribution < 1.29 is 23.0 Å². The summed E-state index contributed by atoms with van der Waals surface area (Å²) in [6, 6.07) is 0. The van der Waals surface area contributed by atoms with Gasteiger partial charge in [0.1, 0.15) is 5.75 Å². The van der Waals surface area contributed by atoms with Crippen LogP contribution in [0.1, 0.15) is 28.0 Å². The molecule has 0 saturated heterocycles. The monoisotopic (exact) mass is 231 g/mol. The van der Waals surface area contributed by atoms with Crippen LogP contribution in [-0.2, 0) is 4.74 Å². The molecule has 0 bridgehead atoms. The Morgan fingerprint density at radius 3 is 2.50 bits per heavy atom. The highest BCUT2D eigenvalue weighted by atomic mass is 19.3. The number of alkyl halides is 2. The number of hydrogen-bond acceptors (Lipinski definition) is 4. The van der Waals surface area contributed by atoms with Gasteiger partial charge >= 0.3 is 5.97 Å². The van der Waals surface area contributed by atoms with Crippen LogP contribution >= 0.6 is 0 Å². The van der Waals surface area contributed by atoms with Gasteiger partial charge in [0, 0.05) is 0 Å². The van der Waals surface area contributed by atoms with E-state index in [0.29, 0.717) is 0 Å². The number of hydrogen-bond donors (Lipinski definition) is 0. The van der Waals surface area contributed by atoms with E-state index in [2.05, 4.69) is 9.72 Å². The molecule has 0 aliphatic carbocycles. The zero-order chi connectivity index (χ0) is 12.3. The smallest absolute Gasteiger partial charge is 0.356 e. The van der Waals surface area contributed by atoms with Crippen LogP contribution in [0.25, 0.3) is 0 Å². The molecule has 4 nitrogen and oxygen atoms in total. The number of halogens is 2. The lowest BCUT2D eigenvalue weighted by Gasteiger charge is -2.12. The minimum absolute atomic E-state index is 0.0415. The Labute approximate surface area is 91.2 Å². The summed E-state index contributed by atoms with van der Waals surface area (Å²) in [5.74, 6) is -0.790. The summed E-state index contributed by atoms with van der Waals surface area (Å²) in [5.41, 5.74) is -0.391. The Kier molecular flexibility index (Phi) is 3.76. The third kappa shape index (κ3) is 2.10. The largest absolute Gasteiger partial charge is 0.495 e. The van der Waals surface area contributed by atoms with Crippen LogP contribution < -0.4 is 4.74 Å². The molecular weight excluding hydrogens is 220 g/mol. The molecule has 0 saturated carbocycles. The maximum Gasteiger partial charge on any atom is 0.356 e. The zero-order valence-corrected chi connectivity index (χ0v) is 9.08. The Morgan fingerprint density at radius 2 is 2.06 bits per heavy atom. The van der Waals surface area contributed by atoms with Crippen molar-refractivity contribution in [2.45, 2.75) is 13.3 Å². The molecule has 88 valence electrons.